The molecule has 0 bridgehead atoms. The van der Waals surface area contributed by atoms with E-state index in [2.05, 4.69) is 57.8 Å². The predicted octanol–water partition coefficient (Wildman–Crippen LogP) is 3.95. The van der Waals surface area contributed by atoms with Crippen LogP contribution in [-0.2, 0) is 13.1 Å². The molecule has 0 aromatic carbocycles. The largest absolute Gasteiger partial charge is 0.463 e. The summed E-state index contributed by atoms with van der Waals surface area (Å²) in [5.41, 5.74) is 1.26. The molecule has 116 valence electrons. The minimum absolute atomic E-state index is 0.558. The molecule has 0 atom stereocenters. The lowest BCUT2D eigenvalue weighted by molar-refractivity contribution is 0.195. The van der Waals surface area contributed by atoms with E-state index in [1.807, 2.05) is 0 Å². The van der Waals surface area contributed by atoms with Crippen LogP contribution in [0.2, 0.25) is 0 Å². The minimum Gasteiger partial charge on any atom is -0.463 e. The molecule has 3 heteroatoms. The third kappa shape index (κ3) is 5.68. The smallest absolute Gasteiger partial charge is 0.120 e. The third-order valence-electron chi connectivity index (χ3n) is 3.51. The average Bonchev–Trinajstić information content (AvgIpc) is 2.69. The summed E-state index contributed by atoms with van der Waals surface area (Å²) in [4.78, 5) is 2.46. The van der Waals surface area contributed by atoms with Crippen molar-refractivity contribution in [1.82, 2.24) is 10.2 Å². The van der Waals surface area contributed by atoms with Crippen LogP contribution in [0.1, 0.15) is 58.1 Å². The van der Waals surface area contributed by atoms with E-state index in [-0.39, 0.29) is 0 Å². The Morgan fingerprint density at radius 1 is 1.25 bits per heavy atom. The molecule has 0 fully saturated rings. The van der Waals surface area contributed by atoms with Gasteiger partial charge in [0.05, 0.1) is 13.1 Å². The molecule has 0 aliphatic carbocycles. The van der Waals surface area contributed by atoms with E-state index in [1.165, 1.54) is 12.0 Å². The number of rotatable bonds is 9. The van der Waals surface area contributed by atoms with Gasteiger partial charge in [-0.1, -0.05) is 20.8 Å². The Labute approximate surface area is 124 Å². The summed E-state index contributed by atoms with van der Waals surface area (Å²) in [7, 11) is 0. The lowest BCUT2D eigenvalue weighted by Crippen LogP contribution is -2.30. The molecule has 1 N–H and O–H groups in total. The lowest BCUT2D eigenvalue weighted by Gasteiger charge is -2.24. The van der Waals surface area contributed by atoms with Crippen molar-refractivity contribution in [3.63, 3.8) is 0 Å². The number of furan rings is 1. The van der Waals surface area contributed by atoms with Crippen LogP contribution in [0.15, 0.2) is 10.5 Å². The first-order valence-corrected chi connectivity index (χ1v) is 7.97. The number of hydrogen-bond donors (Lipinski definition) is 1. The first-order valence-electron chi connectivity index (χ1n) is 7.97. The molecular weight excluding hydrogens is 248 g/mol. The summed E-state index contributed by atoms with van der Waals surface area (Å²) in [6.07, 6.45) is 1.18. The van der Waals surface area contributed by atoms with Crippen LogP contribution >= 0.6 is 0 Å². The molecule has 0 saturated heterocycles. The van der Waals surface area contributed by atoms with Crippen molar-refractivity contribution in [3.05, 3.63) is 23.2 Å². The molecule has 1 heterocycles. The summed E-state index contributed by atoms with van der Waals surface area (Å²) in [5.74, 6) is 2.84. The quantitative estimate of drug-likeness (QED) is 0.742. The maximum absolute atomic E-state index is 6.02. The van der Waals surface area contributed by atoms with Gasteiger partial charge in [-0.15, -0.1) is 0 Å². The van der Waals surface area contributed by atoms with E-state index in [0.717, 1.165) is 37.7 Å². The Morgan fingerprint density at radius 2 is 1.95 bits per heavy atom. The molecular formula is C17H32N2O. The molecule has 0 amide bonds. The zero-order valence-corrected chi connectivity index (χ0v) is 14.1. The normalized spacial score (nSPS) is 12.1. The van der Waals surface area contributed by atoms with Gasteiger partial charge in [0, 0.05) is 6.04 Å². The highest BCUT2D eigenvalue weighted by Gasteiger charge is 2.13. The molecule has 0 saturated carbocycles. The number of hydrogen-bond acceptors (Lipinski definition) is 3. The summed E-state index contributed by atoms with van der Waals surface area (Å²) < 4.78 is 6.02. The average molecular weight is 280 g/mol. The van der Waals surface area contributed by atoms with Gasteiger partial charge in [0.2, 0.25) is 0 Å². The summed E-state index contributed by atoms with van der Waals surface area (Å²) in [6, 6.07) is 2.75. The van der Waals surface area contributed by atoms with Crippen molar-refractivity contribution in [2.75, 3.05) is 13.1 Å². The van der Waals surface area contributed by atoms with Crippen LogP contribution < -0.4 is 5.32 Å². The SMILES string of the molecule is CCCN(Cc1cc(C)c(CNCC(C)C)o1)C(C)C. The summed E-state index contributed by atoms with van der Waals surface area (Å²) in [5, 5.41) is 3.45. The van der Waals surface area contributed by atoms with E-state index < -0.39 is 0 Å². The van der Waals surface area contributed by atoms with Gasteiger partial charge in [0.25, 0.3) is 0 Å². The monoisotopic (exact) mass is 280 g/mol. The van der Waals surface area contributed by atoms with Gasteiger partial charge in [-0.3, -0.25) is 4.90 Å². The first-order chi connectivity index (χ1) is 9.43. The third-order valence-corrected chi connectivity index (χ3v) is 3.51. The van der Waals surface area contributed by atoms with Crippen molar-refractivity contribution in [2.45, 2.75) is 67.1 Å². The van der Waals surface area contributed by atoms with Crippen LogP contribution in [0.25, 0.3) is 0 Å². The Hall–Kier alpha value is -0.800. The molecule has 0 aliphatic rings. The van der Waals surface area contributed by atoms with E-state index in [1.54, 1.807) is 0 Å². The second-order valence-electron chi connectivity index (χ2n) is 6.41. The van der Waals surface area contributed by atoms with Gasteiger partial charge < -0.3 is 9.73 Å². The highest BCUT2D eigenvalue weighted by molar-refractivity contribution is 5.20. The Morgan fingerprint density at radius 3 is 2.50 bits per heavy atom. The van der Waals surface area contributed by atoms with Gasteiger partial charge in [0.15, 0.2) is 0 Å². The second-order valence-corrected chi connectivity index (χ2v) is 6.41. The fraction of sp³-hybridized carbons (Fsp3) is 0.765. The minimum atomic E-state index is 0.558. The van der Waals surface area contributed by atoms with Crippen molar-refractivity contribution in [3.8, 4) is 0 Å². The molecule has 0 spiro atoms. The Balaban J connectivity index is 2.59. The van der Waals surface area contributed by atoms with Crippen molar-refractivity contribution >= 4 is 0 Å². The second kappa shape index (κ2) is 8.48. The Bertz CT molecular complexity index is 382. The molecule has 0 unspecified atom stereocenters. The van der Waals surface area contributed by atoms with Gasteiger partial charge >= 0.3 is 0 Å². The maximum Gasteiger partial charge on any atom is 0.120 e. The summed E-state index contributed by atoms with van der Waals surface area (Å²) >= 11 is 0. The molecule has 0 radical (unpaired) electrons. The molecule has 1 rings (SSSR count). The molecule has 0 aliphatic heterocycles. The molecule has 1 aromatic heterocycles. The van der Waals surface area contributed by atoms with Gasteiger partial charge in [0.1, 0.15) is 11.5 Å². The first kappa shape index (κ1) is 17.3. The Kier molecular flexibility index (Phi) is 7.31. The van der Waals surface area contributed by atoms with E-state index in [4.69, 9.17) is 4.42 Å². The fourth-order valence-corrected chi connectivity index (χ4v) is 2.33. The number of aryl methyl sites for hydroxylation is 1. The highest BCUT2D eigenvalue weighted by atomic mass is 16.3. The number of nitrogens with zero attached hydrogens (tertiary/aromatic N) is 1. The molecule has 3 nitrogen and oxygen atoms in total. The van der Waals surface area contributed by atoms with Crippen molar-refractivity contribution in [1.29, 1.82) is 0 Å². The van der Waals surface area contributed by atoms with Crippen LogP contribution in [-0.4, -0.2) is 24.0 Å². The van der Waals surface area contributed by atoms with E-state index in [0.29, 0.717) is 12.0 Å². The van der Waals surface area contributed by atoms with Crippen LogP contribution in [0.5, 0.6) is 0 Å². The molecule has 20 heavy (non-hydrogen) atoms. The van der Waals surface area contributed by atoms with E-state index >= 15 is 0 Å². The van der Waals surface area contributed by atoms with Crippen LogP contribution in [0.4, 0.5) is 0 Å². The fourth-order valence-electron chi connectivity index (χ4n) is 2.33. The predicted molar refractivity (Wildman–Crippen MR) is 85.8 cm³/mol. The zero-order chi connectivity index (χ0) is 15.1. The van der Waals surface area contributed by atoms with Gasteiger partial charge in [-0.25, -0.2) is 0 Å². The summed E-state index contributed by atoms with van der Waals surface area (Å²) in [6.45, 7) is 17.2. The van der Waals surface area contributed by atoms with Crippen LogP contribution in [0, 0.1) is 12.8 Å². The highest BCUT2D eigenvalue weighted by Crippen LogP contribution is 2.17. The maximum atomic E-state index is 6.02. The van der Waals surface area contributed by atoms with Gasteiger partial charge in [-0.2, -0.15) is 0 Å². The van der Waals surface area contributed by atoms with Crippen LogP contribution in [0.3, 0.4) is 0 Å². The zero-order valence-electron chi connectivity index (χ0n) is 14.1. The van der Waals surface area contributed by atoms with E-state index in [9.17, 15) is 0 Å². The number of nitrogens with one attached hydrogen (secondary N) is 1. The van der Waals surface area contributed by atoms with Gasteiger partial charge in [-0.05, 0) is 57.8 Å². The lowest BCUT2D eigenvalue weighted by atomic mass is 10.2. The topological polar surface area (TPSA) is 28.4 Å². The van der Waals surface area contributed by atoms with Crippen molar-refractivity contribution < 1.29 is 4.42 Å². The standard InChI is InChI=1S/C17H32N2O/c1-7-8-19(14(4)5)12-16-9-15(6)17(20-16)11-18-10-13(2)3/h9,13-14,18H,7-8,10-12H2,1-6H3. The molecule has 1 aromatic rings. The van der Waals surface area contributed by atoms with Crippen molar-refractivity contribution in [2.24, 2.45) is 5.92 Å².